The molecule has 0 amide bonds. The average molecular weight is 285 g/mol. The van der Waals surface area contributed by atoms with Crippen LogP contribution in [0.1, 0.15) is 20.3 Å². The third kappa shape index (κ3) is 5.18. The summed E-state index contributed by atoms with van der Waals surface area (Å²) < 4.78 is 22.4. The fourth-order valence-electron chi connectivity index (χ4n) is 1.90. The minimum absolute atomic E-state index is 0.138. The fourth-order valence-corrected chi connectivity index (χ4v) is 2.41. The number of rotatable bonds is 7. The molecule has 0 radical (unpaired) electrons. The van der Waals surface area contributed by atoms with Crippen molar-refractivity contribution in [2.45, 2.75) is 25.2 Å². The second kappa shape index (κ2) is 6.88. The summed E-state index contributed by atoms with van der Waals surface area (Å²) in [5, 5.41) is 5.09. The minimum atomic E-state index is -3.62. The first-order chi connectivity index (χ1) is 8.84. The van der Waals surface area contributed by atoms with Gasteiger partial charge in [0.15, 0.2) is 0 Å². The zero-order valence-electron chi connectivity index (χ0n) is 11.5. The molecular weight excluding hydrogens is 262 g/mol. The van der Waals surface area contributed by atoms with Crippen LogP contribution in [0.15, 0.2) is 29.2 Å². The minimum Gasteiger partial charge on any atom is -0.371 e. The number of anilines is 1. The lowest BCUT2D eigenvalue weighted by atomic mass is 10.1. The molecule has 1 rings (SSSR count). The Balaban J connectivity index is 2.90. The van der Waals surface area contributed by atoms with E-state index in [-0.39, 0.29) is 4.90 Å². The maximum absolute atomic E-state index is 11.2. The molecule has 0 saturated heterocycles. The van der Waals surface area contributed by atoms with E-state index in [1.165, 1.54) is 0 Å². The van der Waals surface area contributed by atoms with Crippen LogP contribution in [0.2, 0.25) is 0 Å². The summed E-state index contributed by atoms with van der Waals surface area (Å²) in [7, 11) is -3.62. The molecular formula is C13H23N3O2S. The van der Waals surface area contributed by atoms with Crippen LogP contribution < -0.4 is 15.8 Å². The van der Waals surface area contributed by atoms with Gasteiger partial charge >= 0.3 is 0 Å². The van der Waals surface area contributed by atoms with Gasteiger partial charge in [0.05, 0.1) is 4.90 Å². The Hall–Kier alpha value is -1.11. The van der Waals surface area contributed by atoms with Gasteiger partial charge in [-0.1, -0.05) is 13.8 Å². The summed E-state index contributed by atoms with van der Waals surface area (Å²) in [6.07, 6.45) is 0.906. The molecule has 0 unspecified atom stereocenters. The Bertz CT molecular complexity index is 483. The second-order valence-electron chi connectivity index (χ2n) is 5.02. The van der Waals surface area contributed by atoms with Crippen LogP contribution in [0, 0.1) is 5.92 Å². The van der Waals surface area contributed by atoms with E-state index in [0.717, 1.165) is 25.2 Å². The van der Waals surface area contributed by atoms with Gasteiger partial charge in [0.1, 0.15) is 0 Å². The van der Waals surface area contributed by atoms with Gasteiger partial charge in [-0.15, -0.1) is 0 Å². The molecule has 1 aromatic carbocycles. The molecule has 0 aromatic heterocycles. The topological polar surface area (TPSA) is 89.4 Å². The summed E-state index contributed by atoms with van der Waals surface area (Å²) in [6.45, 7) is 6.71. The van der Waals surface area contributed by atoms with Crippen LogP contribution in [0.5, 0.6) is 0 Å². The number of sulfonamides is 1. The Labute approximate surface area is 115 Å². The van der Waals surface area contributed by atoms with Crippen molar-refractivity contribution >= 4 is 15.7 Å². The van der Waals surface area contributed by atoms with Crippen LogP contribution in [0.25, 0.3) is 0 Å². The van der Waals surface area contributed by atoms with Crippen molar-refractivity contribution in [2.24, 2.45) is 16.8 Å². The van der Waals surface area contributed by atoms with Crippen molar-refractivity contribution in [1.29, 1.82) is 0 Å². The SMILES string of the molecule is CC(C)CN(CCCN)c1ccc(S(N)(=O)=O)cc1. The van der Waals surface area contributed by atoms with E-state index >= 15 is 0 Å². The number of hydrogen-bond donors (Lipinski definition) is 2. The van der Waals surface area contributed by atoms with Crippen molar-refractivity contribution in [2.75, 3.05) is 24.5 Å². The van der Waals surface area contributed by atoms with E-state index in [0.29, 0.717) is 12.5 Å². The number of nitrogens with two attached hydrogens (primary N) is 2. The lowest BCUT2D eigenvalue weighted by Gasteiger charge is -2.26. The molecule has 108 valence electrons. The van der Waals surface area contributed by atoms with E-state index in [1.54, 1.807) is 24.3 Å². The molecule has 6 heteroatoms. The molecule has 0 saturated carbocycles. The van der Waals surface area contributed by atoms with Gasteiger partial charge in [-0.3, -0.25) is 0 Å². The third-order valence-corrected chi connectivity index (χ3v) is 3.68. The molecule has 1 aromatic rings. The summed E-state index contributed by atoms with van der Waals surface area (Å²) in [5.74, 6) is 0.524. The molecule has 0 heterocycles. The van der Waals surface area contributed by atoms with Gasteiger partial charge in [0.2, 0.25) is 10.0 Å². The summed E-state index contributed by atoms with van der Waals surface area (Å²) in [6, 6.07) is 6.66. The number of hydrogen-bond acceptors (Lipinski definition) is 4. The molecule has 19 heavy (non-hydrogen) atoms. The van der Waals surface area contributed by atoms with Gasteiger partial charge in [0.25, 0.3) is 0 Å². The van der Waals surface area contributed by atoms with E-state index in [1.807, 2.05) is 0 Å². The van der Waals surface area contributed by atoms with Gasteiger partial charge in [0, 0.05) is 18.8 Å². The summed E-state index contributed by atoms with van der Waals surface area (Å²) in [5.41, 5.74) is 6.54. The molecule has 0 aliphatic heterocycles. The number of primary sulfonamides is 1. The summed E-state index contributed by atoms with van der Waals surface area (Å²) >= 11 is 0. The third-order valence-electron chi connectivity index (χ3n) is 2.75. The first-order valence-electron chi connectivity index (χ1n) is 6.42. The zero-order valence-corrected chi connectivity index (χ0v) is 12.4. The van der Waals surface area contributed by atoms with Gasteiger partial charge in [-0.2, -0.15) is 0 Å². The highest BCUT2D eigenvalue weighted by Crippen LogP contribution is 2.18. The Morgan fingerprint density at radius 1 is 1.21 bits per heavy atom. The maximum atomic E-state index is 11.2. The zero-order chi connectivity index (χ0) is 14.5. The average Bonchev–Trinajstić information content (AvgIpc) is 2.33. The lowest BCUT2D eigenvalue weighted by molar-refractivity contribution is 0.596. The molecule has 0 aliphatic carbocycles. The lowest BCUT2D eigenvalue weighted by Crippen LogP contribution is -2.30. The monoisotopic (exact) mass is 285 g/mol. The van der Waals surface area contributed by atoms with Crippen LogP contribution >= 0.6 is 0 Å². The molecule has 0 spiro atoms. The van der Waals surface area contributed by atoms with Crippen LogP contribution in [0.3, 0.4) is 0 Å². The molecule has 0 fully saturated rings. The first kappa shape index (κ1) is 15.9. The molecule has 5 nitrogen and oxygen atoms in total. The van der Waals surface area contributed by atoms with Crippen LogP contribution in [-0.2, 0) is 10.0 Å². The van der Waals surface area contributed by atoms with Crippen molar-refractivity contribution < 1.29 is 8.42 Å². The Morgan fingerprint density at radius 2 is 1.79 bits per heavy atom. The normalized spacial score (nSPS) is 11.8. The van der Waals surface area contributed by atoms with Crippen molar-refractivity contribution in [3.8, 4) is 0 Å². The standard InChI is InChI=1S/C13H23N3O2S/c1-11(2)10-16(9-3-8-14)12-4-6-13(7-5-12)19(15,17)18/h4-7,11H,3,8-10,14H2,1-2H3,(H2,15,17,18). The Morgan fingerprint density at radius 3 is 2.21 bits per heavy atom. The van der Waals surface area contributed by atoms with Crippen molar-refractivity contribution in [3.63, 3.8) is 0 Å². The number of benzene rings is 1. The quantitative estimate of drug-likeness (QED) is 0.786. The van der Waals surface area contributed by atoms with E-state index in [4.69, 9.17) is 10.9 Å². The van der Waals surface area contributed by atoms with E-state index in [2.05, 4.69) is 18.7 Å². The van der Waals surface area contributed by atoms with Crippen molar-refractivity contribution in [1.82, 2.24) is 0 Å². The van der Waals surface area contributed by atoms with Crippen LogP contribution in [0.4, 0.5) is 5.69 Å². The molecule has 4 N–H and O–H groups in total. The van der Waals surface area contributed by atoms with E-state index in [9.17, 15) is 8.42 Å². The van der Waals surface area contributed by atoms with Gasteiger partial charge in [-0.25, -0.2) is 13.6 Å². The molecule has 0 atom stereocenters. The molecule has 0 aliphatic rings. The van der Waals surface area contributed by atoms with Crippen LogP contribution in [-0.4, -0.2) is 28.1 Å². The summed E-state index contributed by atoms with van der Waals surface area (Å²) in [4.78, 5) is 2.35. The maximum Gasteiger partial charge on any atom is 0.238 e. The highest BCUT2D eigenvalue weighted by molar-refractivity contribution is 7.89. The Kier molecular flexibility index (Phi) is 5.78. The largest absolute Gasteiger partial charge is 0.371 e. The van der Waals surface area contributed by atoms with Crippen molar-refractivity contribution in [3.05, 3.63) is 24.3 Å². The fraction of sp³-hybridized carbons (Fsp3) is 0.538. The predicted octanol–water partition coefficient (Wildman–Crippen LogP) is 1.15. The first-order valence-corrected chi connectivity index (χ1v) is 7.97. The van der Waals surface area contributed by atoms with Gasteiger partial charge in [-0.05, 0) is 43.1 Å². The van der Waals surface area contributed by atoms with E-state index < -0.39 is 10.0 Å². The highest BCUT2D eigenvalue weighted by atomic mass is 32.2. The predicted molar refractivity (Wildman–Crippen MR) is 78.5 cm³/mol. The molecule has 0 bridgehead atoms. The smallest absolute Gasteiger partial charge is 0.238 e. The highest BCUT2D eigenvalue weighted by Gasteiger charge is 2.11. The second-order valence-corrected chi connectivity index (χ2v) is 6.58. The van der Waals surface area contributed by atoms with Gasteiger partial charge < -0.3 is 10.6 Å². The number of nitrogens with zero attached hydrogens (tertiary/aromatic N) is 1.